The van der Waals surface area contributed by atoms with Crippen LogP contribution >= 0.6 is 0 Å². The van der Waals surface area contributed by atoms with E-state index in [0.717, 1.165) is 47.9 Å². The van der Waals surface area contributed by atoms with Crippen LogP contribution in [-0.2, 0) is 24.3 Å². The summed E-state index contributed by atoms with van der Waals surface area (Å²) in [6.07, 6.45) is 3.89. The monoisotopic (exact) mass is 374 g/mol. The molecule has 0 spiro atoms. The maximum Gasteiger partial charge on any atom is 0.252 e. The normalized spacial score (nSPS) is 13.2. The summed E-state index contributed by atoms with van der Waals surface area (Å²) in [5, 5.41) is 11.4. The molecule has 0 saturated heterocycles. The second-order valence-electron chi connectivity index (χ2n) is 6.64. The van der Waals surface area contributed by atoms with Gasteiger partial charge in [0, 0.05) is 24.1 Å². The van der Waals surface area contributed by atoms with E-state index in [2.05, 4.69) is 20.1 Å². The molecule has 142 valence electrons. The van der Waals surface area contributed by atoms with Crippen molar-refractivity contribution in [2.45, 2.75) is 25.9 Å². The molecule has 28 heavy (non-hydrogen) atoms. The lowest BCUT2D eigenvalue weighted by Crippen LogP contribution is -2.25. The molecule has 2 aromatic carbocycles. The third kappa shape index (κ3) is 3.67. The summed E-state index contributed by atoms with van der Waals surface area (Å²) in [7, 11) is 1.63. The highest BCUT2D eigenvalue weighted by molar-refractivity contribution is 6.24. The Morgan fingerprint density at radius 1 is 1.14 bits per heavy atom. The number of fused-ring (bicyclic) bond motifs is 1. The molecule has 1 N–H and O–H groups in total. The van der Waals surface area contributed by atoms with Crippen molar-refractivity contribution in [3.63, 3.8) is 0 Å². The van der Waals surface area contributed by atoms with Crippen LogP contribution in [-0.4, -0.2) is 27.8 Å². The fourth-order valence-corrected chi connectivity index (χ4v) is 3.43. The molecule has 0 saturated carbocycles. The van der Waals surface area contributed by atoms with Gasteiger partial charge in [0.1, 0.15) is 11.6 Å². The molecule has 0 fully saturated rings. The lowest BCUT2D eigenvalue weighted by Gasteiger charge is -2.11. The number of benzene rings is 2. The van der Waals surface area contributed by atoms with Crippen molar-refractivity contribution < 1.29 is 9.53 Å². The van der Waals surface area contributed by atoms with E-state index in [9.17, 15) is 4.79 Å². The minimum atomic E-state index is -0.160. The number of nitrogens with one attached hydrogen (secondary N) is 1. The van der Waals surface area contributed by atoms with Crippen molar-refractivity contribution >= 4 is 17.6 Å². The summed E-state index contributed by atoms with van der Waals surface area (Å²) < 4.78 is 7.52. The lowest BCUT2D eigenvalue weighted by atomic mass is 10.0. The molecule has 0 bridgehead atoms. The summed E-state index contributed by atoms with van der Waals surface area (Å²) in [6, 6.07) is 17.3. The second kappa shape index (κ2) is 8.08. The molecule has 0 atom stereocenters. The Morgan fingerprint density at radius 3 is 2.75 bits per heavy atom. The number of rotatable bonds is 6. The first-order chi connectivity index (χ1) is 13.8. The first kappa shape index (κ1) is 18.0. The van der Waals surface area contributed by atoms with Crippen molar-refractivity contribution in [3.05, 3.63) is 77.4 Å². The van der Waals surface area contributed by atoms with E-state index in [1.54, 1.807) is 7.11 Å². The maximum absolute atomic E-state index is 13.1. The quantitative estimate of drug-likeness (QED) is 0.532. The SMILES string of the molecule is COc1ccccc1/C=C(/C(=O)NCc1nnc2n1CCC2)c1ccccc1. The van der Waals surface area contributed by atoms with Crippen LogP contribution in [0.5, 0.6) is 5.75 Å². The molecule has 1 amide bonds. The molecule has 4 rings (SSSR count). The largest absolute Gasteiger partial charge is 0.496 e. The number of hydrogen-bond donors (Lipinski definition) is 1. The molecule has 1 aliphatic heterocycles. The fourth-order valence-electron chi connectivity index (χ4n) is 3.43. The Morgan fingerprint density at radius 2 is 1.93 bits per heavy atom. The zero-order valence-electron chi connectivity index (χ0n) is 15.8. The van der Waals surface area contributed by atoms with Crippen LogP contribution in [0, 0.1) is 0 Å². The van der Waals surface area contributed by atoms with Gasteiger partial charge in [-0.3, -0.25) is 4.79 Å². The van der Waals surface area contributed by atoms with E-state index < -0.39 is 0 Å². The molecular weight excluding hydrogens is 352 g/mol. The number of nitrogens with zero attached hydrogens (tertiary/aromatic N) is 3. The molecule has 0 radical (unpaired) electrons. The van der Waals surface area contributed by atoms with Gasteiger partial charge in [-0.2, -0.15) is 0 Å². The average Bonchev–Trinajstić information content (AvgIpc) is 3.35. The number of ether oxygens (including phenoxy) is 1. The standard InChI is InChI=1S/C22H22N4O2/c1-28-19-11-6-5-10-17(19)14-18(16-8-3-2-4-9-16)22(27)23-15-21-25-24-20-12-7-13-26(20)21/h2-6,8-11,14H,7,12-13,15H2,1H3,(H,23,27)/b18-14+. The van der Waals surface area contributed by atoms with E-state index in [-0.39, 0.29) is 5.91 Å². The molecule has 6 heteroatoms. The molecule has 1 aliphatic rings. The van der Waals surface area contributed by atoms with Gasteiger partial charge in [0.15, 0.2) is 5.82 Å². The molecule has 2 heterocycles. The van der Waals surface area contributed by atoms with Gasteiger partial charge in [-0.1, -0.05) is 48.5 Å². The number of para-hydroxylation sites is 1. The summed E-state index contributed by atoms with van der Waals surface area (Å²) in [5.41, 5.74) is 2.27. The number of carbonyl (C=O) groups excluding carboxylic acids is 1. The lowest BCUT2D eigenvalue weighted by molar-refractivity contribution is -0.115. The topological polar surface area (TPSA) is 69.0 Å². The van der Waals surface area contributed by atoms with Crippen molar-refractivity contribution in [1.29, 1.82) is 0 Å². The van der Waals surface area contributed by atoms with Gasteiger partial charge in [0.2, 0.25) is 0 Å². The van der Waals surface area contributed by atoms with Gasteiger partial charge >= 0.3 is 0 Å². The van der Waals surface area contributed by atoms with Gasteiger partial charge in [0.05, 0.1) is 13.7 Å². The third-order valence-corrected chi connectivity index (χ3v) is 4.86. The van der Waals surface area contributed by atoms with Crippen LogP contribution < -0.4 is 10.1 Å². The predicted molar refractivity (Wildman–Crippen MR) is 107 cm³/mol. The van der Waals surface area contributed by atoms with Crippen LogP contribution in [0.2, 0.25) is 0 Å². The Kier molecular flexibility index (Phi) is 5.19. The number of aromatic nitrogens is 3. The number of carbonyl (C=O) groups is 1. The van der Waals surface area contributed by atoms with Gasteiger partial charge in [-0.15, -0.1) is 10.2 Å². The van der Waals surface area contributed by atoms with E-state index in [0.29, 0.717) is 12.1 Å². The van der Waals surface area contributed by atoms with Crippen molar-refractivity contribution in [3.8, 4) is 5.75 Å². The molecule has 0 unspecified atom stereocenters. The zero-order chi connectivity index (χ0) is 19.3. The van der Waals surface area contributed by atoms with Crippen molar-refractivity contribution in [2.24, 2.45) is 0 Å². The smallest absolute Gasteiger partial charge is 0.252 e. The van der Waals surface area contributed by atoms with E-state index in [4.69, 9.17) is 4.74 Å². The number of aryl methyl sites for hydroxylation is 1. The Bertz CT molecular complexity index is 1010. The highest BCUT2D eigenvalue weighted by atomic mass is 16.5. The highest BCUT2D eigenvalue weighted by Gasteiger charge is 2.19. The van der Waals surface area contributed by atoms with Crippen LogP contribution in [0.25, 0.3) is 11.6 Å². The summed E-state index contributed by atoms with van der Waals surface area (Å²) in [5.74, 6) is 2.36. The first-order valence-electron chi connectivity index (χ1n) is 9.35. The van der Waals surface area contributed by atoms with Gasteiger partial charge < -0.3 is 14.6 Å². The van der Waals surface area contributed by atoms with E-state index in [1.807, 2.05) is 60.7 Å². The summed E-state index contributed by atoms with van der Waals surface area (Å²) in [4.78, 5) is 13.1. The van der Waals surface area contributed by atoms with Crippen molar-refractivity contribution in [2.75, 3.05) is 7.11 Å². The van der Waals surface area contributed by atoms with Crippen LogP contribution in [0.3, 0.4) is 0 Å². The number of methoxy groups -OCH3 is 1. The molecule has 1 aromatic heterocycles. The maximum atomic E-state index is 13.1. The Balaban J connectivity index is 1.61. The zero-order valence-corrected chi connectivity index (χ0v) is 15.8. The average molecular weight is 374 g/mol. The highest BCUT2D eigenvalue weighted by Crippen LogP contribution is 2.25. The summed E-state index contributed by atoms with van der Waals surface area (Å²) >= 11 is 0. The predicted octanol–water partition coefficient (Wildman–Crippen LogP) is 3.09. The van der Waals surface area contributed by atoms with Gasteiger partial charge in [-0.25, -0.2) is 0 Å². The minimum absolute atomic E-state index is 0.160. The molecule has 0 aliphatic carbocycles. The van der Waals surface area contributed by atoms with Gasteiger partial charge in [-0.05, 0) is 24.1 Å². The first-order valence-corrected chi connectivity index (χ1v) is 9.35. The van der Waals surface area contributed by atoms with Crippen LogP contribution in [0.15, 0.2) is 54.6 Å². The minimum Gasteiger partial charge on any atom is -0.496 e. The molecule has 3 aromatic rings. The number of amides is 1. The fraction of sp³-hybridized carbons (Fsp3) is 0.227. The Hall–Kier alpha value is -3.41. The van der Waals surface area contributed by atoms with Crippen LogP contribution in [0.4, 0.5) is 0 Å². The molecular formula is C22H22N4O2. The van der Waals surface area contributed by atoms with Crippen molar-refractivity contribution in [1.82, 2.24) is 20.1 Å². The third-order valence-electron chi connectivity index (χ3n) is 4.86. The second-order valence-corrected chi connectivity index (χ2v) is 6.64. The summed E-state index contributed by atoms with van der Waals surface area (Å²) in [6.45, 7) is 1.26. The molecule has 6 nitrogen and oxygen atoms in total. The van der Waals surface area contributed by atoms with Crippen LogP contribution in [0.1, 0.15) is 29.2 Å². The van der Waals surface area contributed by atoms with E-state index >= 15 is 0 Å². The number of hydrogen-bond acceptors (Lipinski definition) is 4. The van der Waals surface area contributed by atoms with Gasteiger partial charge in [0.25, 0.3) is 5.91 Å². The Labute approximate surface area is 163 Å². The van der Waals surface area contributed by atoms with E-state index in [1.165, 1.54) is 0 Å².